The van der Waals surface area contributed by atoms with Crippen LogP contribution < -0.4 is 9.47 Å². The second kappa shape index (κ2) is 9.23. The maximum atomic E-state index is 6.32. The van der Waals surface area contributed by atoms with E-state index in [0.717, 1.165) is 57.5 Å². The number of nitrogens with zero attached hydrogens (tertiary/aromatic N) is 2. The maximum Gasteiger partial charge on any atom is 0.137 e. The number of benzene rings is 1. The maximum absolute atomic E-state index is 6.32. The molecule has 0 saturated carbocycles. The second-order valence-electron chi connectivity index (χ2n) is 10.2. The molecule has 162 valence electrons. The van der Waals surface area contributed by atoms with Crippen molar-refractivity contribution in [3.05, 3.63) is 59.7 Å². The van der Waals surface area contributed by atoms with Crippen molar-refractivity contribution in [1.29, 1.82) is 0 Å². The summed E-state index contributed by atoms with van der Waals surface area (Å²) in [6.45, 7) is 3.24. The Kier molecular flexibility index (Phi) is 6.89. The minimum Gasteiger partial charge on any atom is -0.487 e. The number of rotatable bonds is 10. The molecular formula is C26H38N2O2+2. The van der Waals surface area contributed by atoms with E-state index in [1.54, 1.807) is 0 Å². The Bertz CT molecular complexity index is 808. The van der Waals surface area contributed by atoms with Crippen molar-refractivity contribution in [3.63, 3.8) is 0 Å². The molecule has 0 saturated heterocycles. The molecule has 2 aliphatic carbocycles. The third kappa shape index (κ3) is 6.35. The number of likely N-dealkylation sites (N-methyl/N-ethyl adjacent to an activating group) is 2. The van der Waals surface area contributed by atoms with Gasteiger partial charge in [0.05, 0.1) is 42.3 Å². The monoisotopic (exact) mass is 410 g/mol. The summed E-state index contributed by atoms with van der Waals surface area (Å²) in [6, 6.07) is 4.36. The highest BCUT2D eigenvalue weighted by molar-refractivity contribution is 5.86. The standard InChI is InChI=1S/C26H38N2O2/c1-27(2,3)15-17-29-25-20-26(30-18-16-28(4,5)6)24(22-13-9-10-14-22)19-23(25)21-11-7-8-12-21/h7,9,11-14,19-20H,8,10,15-18H2,1-6H3/q+2. The van der Waals surface area contributed by atoms with Gasteiger partial charge in [-0.25, -0.2) is 0 Å². The Labute approximate surface area is 182 Å². The third-order valence-electron chi connectivity index (χ3n) is 5.29. The molecule has 4 heteroatoms. The van der Waals surface area contributed by atoms with Gasteiger partial charge in [-0.15, -0.1) is 0 Å². The number of quaternary nitrogens is 2. The van der Waals surface area contributed by atoms with Gasteiger partial charge in [0.2, 0.25) is 0 Å². The van der Waals surface area contributed by atoms with Crippen LogP contribution in [-0.4, -0.2) is 77.6 Å². The number of hydrogen-bond donors (Lipinski definition) is 0. The summed E-state index contributed by atoms with van der Waals surface area (Å²) in [5.74, 6) is 1.82. The van der Waals surface area contributed by atoms with Crippen LogP contribution in [0.3, 0.4) is 0 Å². The van der Waals surface area contributed by atoms with Crippen molar-refractivity contribution in [2.75, 3.05) is 68.6 Å². The fraction of sp³-hybridized carbons (Fsp3) is 0.462. The first kappa shape index (κ1) is 22.4. The van der Waals surface area contributed by atoms with Crippen molar-refractivity contribution in [2.45, 2.75) is 12.8 Å². The van der Waals surface area contributed by atoms with Crippen LogP contribution in [0.25, 0.3) is 11.1 Å². The van der Waals surface area contributed by atoms with E-state index < -0.39 is 0 Å². The summed E-state index contributed by atoms with van der Waals surface area (Å²) >= 11 is 0. The van der Waals surface area contributed by atoms with Crippen LogP contribution in [0.2, 0.25) is 0 Å². The molecule has 4 nitrogen and oxygen atoms in total. The van der Waals surface area contributed by atoms with Crippen molar-refractivity contribution in [2.24, 2.45) is 0 Å². The minimum absolute atomic E-state index is 0.674. The highest BCUT2D eigenvalue weighted by atomic mass is 16.5. The zero-order chi connectivity index (χ0) is 21.8. The van der Waals surface area contributed by atoms with E-state index in [1.165, 1.54) is 11.1 Å². The summed E-state index contributed by atoms with van der Waals surface area (Å²) in [5.41, 5.74) is 4.77. The average Bonchev–Trinajstić information content (AvgIpc) is 3.34. The lowest BCUT2D eigenvalue weighted by Crippen LogP contribution is -2.38. The largest absolute Gasteiger partial charge is 0.487 e. The van der Waals surface area contributed by atoms with Crippen LogP contribution in [0.5, 0.6) is 11.5 Å². The normalized spacial score (nSPS) is 16.1. The van der Waals surface area contributed by atoms with Gasteiger partial charge in [-0.3, -0.25) is 0 Å². The summed E-state index contributed by atoms with van der Waals surface area (Å²) in [6.07, 6.45) is 15.3. The smallest absolute Gasteiger partial charge is 0.137 e. The van der Waals surface area contributed by atoms with E-state index in [0.29, 0.717) is 13.2 Å². The highest BCUT2D eigenvalue weighted by Gasteiger charge is 2.19. The molecule has 3 rings (SSSR count). The third-order valence-corrected chi connectivity index (χ3v) is 5.29. The van der Waals surface area contributed by atoms with Crippen molar-refractivity contribution < 1.29 is 18.4 Å². The van der Waals surface area contributed by atoms with Gasteiger partial charge in [0, 0.05) is 17.2 Å². The Balaban J connectivity index is 1.95. The first-order valence-electron chi connectivity index (χ1n) is 10.9. The van der Waals surface area contributed by atoms with E-state index in [2.05, 4.69) is 90.9 Å². The average molecular weight is 411 g/mol. The molecule has 0 radical (unpaired) electrons. The van der Waals surface area contributed by atoms with Crippen LogP contribution in [0, 0.1) is 0 Å². The summed E-state index contributed by atoms with van der Waals surface area (Å²) in [7, 11) is 13.1. The first-order valence-corrected chi connectivity index (χ1v) is 10.9. The molecule has 0 atom stereocenters. The molecule has 0 bridgehead atoms. The molecule has 0 spiro atoms. The second-order valence-corrected chi connectivity index (χ2v) is 10.2. The fourth-order valence-electron chi connectivity index (χ4n) is 3.43. The van der Waals surface area contributed by atoms with E-state index in [4.69, 9.17) is 9.47 Å². The molecule has 30 heavy (non-hydrogen) atoms. The van der Waals surface area contributed by atoms with Gasteiger partial charge < -0.3 is 18.4 Å². The minimum atomic E-state index is 0.674. The van der Waals surface area contributed by atoms with Gasteiger partial charge in [0.1, 0.15) is 37.8 Å². The molecule has 0 amide bonds. The number of hydrogen-bond acceptors (Lipinski definition) is 2. The zero-order valence-corrected chi connectivity index (χ0v) is 19.6. The molecule has 0 aliphatic heterocycles. The van der Waals surface area contributed by atoms with Crippen molar-refractivity contribution >= 4 is 11.1 Å². The molecule has 0 unspecified atom stereocenters. The van der Waals surface area contributed by atoms with E-state index in [-0.39, 0.29) is 0 Å². The highest BCUT2D eigenvalue weighted by Crippen LogP contribution is 2.40. The zero-order valence-electron chi connectivity index (χ0n) is 19.6. The van der Waals surface area contributed by atoms with Gasteiger partial charge in [-0.05, 0) is 30.1 Å². The van der Waals surface area contributed by atoms with Gasteiger partial charge >= 0.3 is 0 Å². The number of ether oxygens (including phenoxy) is 2. The van der Waals surface area contributed by atoms with Crippen LogP contribution in [0.1, 0.15) is 24.0 Å². The Hall–Kier alpha value is -2.30. The first-order chi connectivity index (χ1) is 14.1. The van der Waals surface area contributed by atoms with Crippen LogP contribution >= 0.6 is 0 Å². The SMILES string of the molecule is C[N+](C)(C)CCOc1cc(OCC[N+](C)(C)C)c(C2=CCC=C2)cc1C1=CCC=C1. The van der Waals surface area contributed by atoms with Crippen LogP contribution in [0.15, 0.2) is 48.6 Å². The molecular weight excluding hydrogens is 372 g/mol. The van der Waals surface area contributed by atoms with Gasteiger partial charge in [-0.2, -0.15) is 0 Å². The molecule has 2 aliphatic rings. The Morgan fingerprint density at radius 2 is 1.10 bits per heavy atom. The fourth-order valence-corrected chi connectivity index (χ4v) is 3.43. The Morgan fingerprint density at radius 3 is 1.43 bits per heavy atom. The Morgan fingerprint density at radius 1 is 0.667 bits per heavy atom. The molecule has 0 heterocycles. The van der Waals surface area contributed by atoms with Gasteiger partial charge in [0.15, 0.2) is 0 Å². The quantitative estimate of drug-likeness (QED) is 0.527. The van der Waals surface area contributed by atoms with E-state index >= 15 is 0 Å². The number of allylic oxidation sites excluding steroid dienone is 8. The lowest BCUT2D eigenvalue weighted by atomic mass is 9.97. The van der Waals surface area contributed by atoms with Crippen molar-refractivity contribution in [1.82, 2.24) is 0 Å². The molecule has 0 aromatic heterocycles. The topological polar surface area (TPSA) is 18.5 Å². The van der Waals surface area contributed by atoms with Crippen LogP contribution in [0.4, 0.5) is 0 Å². The predicted molar refractivity (Wildman–Crippen MR) is 127 cm³/mol. The molecule has 1 aromatic carbocycles. The lowest BCUT2D eigenvalue weighted by molar-refractivity contribution is -0.870. The molecule has 0 N–H and O–H groups in total. The molecule has 0 fully saturated rings. The summed E-state index contributed by atoms with van der Waals surface area (Å²) in [4.78, 5) is 0. The van der Waals surface area contributed by atoms with E-state index in [9.17, 15) is 0 Å². The van der Waals surface area contributed by atoms with Gasteiger partial charge in [-0.1, -0.05) is 36.5 Å². The van der Waals surface area contributed by atoms with E-state index in [1.807, 2.05) is 0 Å². The summed E-state index contributed by atoms with van der Waals surface area (Å²) in [5, 5.41) is 0. The van der Waals surface area contributed by atoms with Gasteiger partial charge in [0.25, 0.3) is 0 Å². The summed E-state index contributed by atoms with van der Waals surface area (Å²) < 4.78 is 14.4. The lowest BCUT2D eigenvalue weighted by Gasteiger charge is -2.25. The van der Waals surface area contributed by atoms with Crippen LogP contribution in [-0.2, 0) is 0 Å². The molecule has 1 aromatic rings. The predicted octanol–water partition coefficient (Wildman–Crippen LogP) is 4.54. The van der Waals surface area contributed by atoms with Crippen molar-refractivity contribution in [3.8, 4) is 11.5 Å².